The molecule has 0 spiro atoms. The highest BCUT2D eigenvalue weighted by Crippen LogP contribution is 2.41. The van der Waals surface area contributed by atoms with E-state index in [9.17, 15) is 0 Å². The van der Waals surface area contributed by atoms with Crippen molar-refractivity contribution in [1.29, 1.82) is 0 Å². The van der Waals surface area contributed by atoms with Crippen LogP contribution in [0.5, 0.6) is 11.5 Å². The second-order valence-electron chi connectivity index (χ2n) is 17.9. The Labute approximate surface area is 352 Å². The van der Waals surface area contributed by atoms with Gasteiger partial charge in [0, 0.05) is 0 Å². The first-order chi connectivity index (χ1) is 28.1. The summed E-state index contributed by atoms with van der Waals surface area (Å²) in [4.78, 5) is 0. The van der Waals surface area contributed by atoms with Crippen LogP contribution < -0.4 is 9.47 Å². The second kappa shape index (κ2) is 29.7. The van der Waals surface area contributed by atoms with Crippen LogP contribution in [0.4, 0.5) is 0 Å². The van der Waals surface area contributed by atoms with Crippen LogP contribution in [-0.4, -0.2) is 26.4 Å². The fourth-order valence-electron chi connectivity index (χ4n) is 9.57. The van der Waals surface area contributed by atoms with Crippen molar-refractivity contribution in [3.8, 4) is 11.5 Å². The first kappa shape index (κ1) is 47.2. The topological polar surface area (TPSA) is 27.7 Å². The second-order valence-corrected chi connectivity index (χ2v) is 17.9. The van der Waals surface area contributed by atoms with E-state index in [1.807, 2.05) is 0 Å². The summed E-state index contributed by atoms with van der Waals surface area (Å²) in [6.45, 7) is 12.1. The highest BCUT2D eigenvalue weighted by molar-refractivity contribution is 5.69. The van der Waals surface area contributed by atoms with Crippen molar-refractivity contribution in [2.45, 2.75) is 195 Å². The molecule has 0 unspecified atom stereocenters. The van der Waals surface area contributed by atoms with Crippen molar-refractivity contribution in [2.24, 2.45) is 23.7 Å². The van der Waals surface area contributed by atoms with Crippen LogP contribution in [0.25, 0.3) is 11.1 Å². The lowest BCUT2D eigenvalue weighted by Gasteiger charge is -2.31. The van der Waals surface area contributed by atoms with Crippen LogP contribution in [-0.2, 0) is 4.74 Å². The minimum atomic E-state index is 0.608. The molecule has 2 saturated carbocycles. The van der Waals surface area contributed by atoms with E-state index in [1.165, 1.54) is 176 Å². The fourth-order valence-corrected chi connectivity index (χ4v) is 9.57. The summed E-state index contributed by atoms with van der Waals surface area (Å²) in [5.41, 5.74) is 5.66. The average molecular weight is 783 g/mol. The van der Waals surface area contributed by atoms with E-state index >= 15 is 0 Å². The average Bonchev–Trinajstić information content (AvgIpc) is 3.25. The predicted molar refractivity (Wildman–Crippen MR) is 247 cm³/mol. The zero-order valence-electron chi connectivity index (χ0n) is 37.5. The molecule has 3 heteroatoms. The summed E-state index contributed by atoms with van der Waals surface area (Å²) < 4.78 is 18.8. The largest absolute Gasteiger partial charge is 0.494 e. The summed E-state index contributed by atoms with van der Waals surface area (Å²) in [5, 5.41) is 0. The maximum atomic E-state index is 6.52. The molecule has 0 heterocycles. The number of unbranched alkanes of at least 4 members (excludes halogenated alkanes) is 12. The third-order valence-corrected chi connectivity index (χ3v) is 13.3. The molecule has 0 aliphatic heterocycles. The minimum absolute atomic E-state index is 0.608. The van der Waals surface area contributed by atoms with E-state index in [1.54, 1.807) is 0 Å². The first-order valence-electron chi connectivity index (χ1n) is 24.6. The van der Waals surface area contributed by atoms with Crippen molar-refractivity contribution in [2.75, 3.05) is 26.4 Å². The Bertz CT molecular complexity index is 1220. The Morgan fingerprint density at radius 3 is 1.16 bits per heavy atom. The summed E-state index contributed by atoms with van der Waals surface area (Å²) in [6, 6.07) is 18.0. The first-order valence-corrected chi connectivity index (χ1v) is 24.6. The van der Waals surface area contributed by atoms with E-state index in [0.717, 1.165) is 49.4 Å². The number of ether oxygens (including phenoxy) is 3. The highest BCUT2D eigenvalue weighted by atomic mass is 16.5. The van der Waals surface area contributed by atoms with Gasteiger partial charge in [-0.3, -0.25) is 0 Å². The standard InChI is InChI=1S/C54H86O3/c1-5-9-13-15-19-41-56-51-35-31-49(32-36-51)53(47-27-23-45(24-28-47)21-17-11-7-3)39-43-55-44-40-54(48-29-25-46(26-30-48)22-18-12-8-4)50-33-37-52(38-34-50)57-42-20-16-14-10-6-2/h31-40,45-48H,5-30,41-44H2,1-4H3. The number of rotatable bonds is 30. The van der Waals surface area contributed by atoms with Gasteiger partial charge in [-0.25, -0.2) is 0 Å². The summed E-state index contributed by atoms with van der Waals surface area (Å²) in [6.07, 6.45) is 39.2. The quantitative estimate of drug-likeness (QED) is 0.0739. The van der Waals surface area contributed by atoms with E-state index < -0.39 is 0 Å². The van der Waals surface area contributed by atoms with Gasteiger partial charge in [-0.15, -0.1) is 0 Å². The molecule has 0 N–H and O–H groups in total. The van der Waals surface area contributed by atoms with E-state index in [2.05, 4.69) is 88.4 Å². The van der Waals surface area contributed by atoms with Gasteiger partial charge in [-0.05, 0) is 134 Å². The van der Waals surface area contributed by atoms with Gasteiger partial charge in [0.2, 0.25) is 0 Å². The predicted octanol–water partition coefficient (Wildman–Crippen LogP) is 16.6. The number of allylic oxidation sites excluding steroid dienone is 2. The highest BCUT2D eigenvalue weighted by Gasteiger charge is 2.26. The summed E-state index contributed by atoms with van der Waals surface area (Å²) >= 11 is 0. The summed E-state index contributed by atoms with van der Waals surface area (Å²) in [7, 11) is 0. The number of benzene rings is 2. The van der Waals surface area contributed by atoms with Gasteiger partial charge in [-0.1, -0.05) is 167 Å². The molecule has 2 aliphatic carbocycles. The Morgan fingerprint density at radius 1 is 0.439 bits per heavy atom. The lowest BCUT2D eigenvalue weighted by Crippen LogP contribution is -2.17. The van der Waals surface area contributed by atoms with Crippen LogP contribution in [0, 0.1) is 23.7 Å². The van der Waals surface area contributed by atoms with E-state index in [4.69, 9.17) is 14.2 Å². The molecule has 320 valence electrons. The Kier molecular flexibility index (Phi) is 24.5. The maximum absolute atomic E-state index is 6.52. The van der Waals surface area contributed by atoms with E-state index in [0.29, 0.717) is 25.0 Å². The van der Waals surface area contributed by atoms with Gasteiger partial charge < -0.3 is 14.2 Å². The van der Waals surface area contributed by atoms with Crippen LogP contribution in [0.1, 0.15) is 206 Å². The monoisotopic (exact) mass is 783 g/mol. The SMILES string of the molecule is CCCCCCCOc1ccc(C(=CCOCC=C(c2ccc(OCCCCCCC)cc2)C2CCC(CCCCC)CC2)C2CCC(CCCCC)CC2)cc1. The molecular formula is C54H86O3. The van der Waals surface area contributed by atoms with Gasteiger partial charge in [0.1, 0.15) is 11.5 Å². The molecule has 2 fully saturated rings. The van der Waals surface area contributed by atoms with E-state index in [-0.39, 0.29) is 0 Å². The van der Waals surface area contributed by atoms with Crippen molar-refractivity contribution in [3.05, 3.63) is 71.8 Å². The lowest BCUT2D eigenvalue weighted by atomic mass is 9.75. The lowest BCUT2D eigenvalue weighted by molar-refractivity contribution is 0.193. The van der Waals surface area contributed by atoms with Crippen LogP contribution in [0.15, 0.2) is 60.7 Å². The minimum Gasteiger partial charge on any atom is -0.494 e. The van der Waals surface area contributed by atoms with Crippen LogP contribution in [0.2, 0.25) is 0 Å². The molecule has 0 saturated heterocycles. The van der Waals surface area contributed by atoms with Gasteiger partial charge >= 0.3 is 0 Å². The van der Waals surface area contributed by atoms with Gasteiger partial charge in [0.05, 0.1) is 26.4 Å². The number of hydrogen-bond donors (Lipinski definition) is 0. The summed E-state index contributed by atoms with van der Waals surface area (Å²) in [5.74, 6) is 5.03. The Balaban J connectivity index is 1.41. The maximum Gasteiger partial charge on any atom is 0.119 e. The molecule has 0 atom stereocenters. The molecule has 2 aromatic rings. The third-order valence-electron chi connectivity index (χ3n) is 13.3. The fraction of sp³-hybridized carbons (Fsp3) is 0.704. The molecular weight excluding hydrogens is 697 g/mol. The van der Waals surface area contributed by atoms with Crippen molar-refractivity contribution >= 4 is 11.1 Å². The Hall–Kier alpha value is -2.52. The van der Waals surface area contributed by atoms with Crippen molar-refractivity contribution in [1.82, 2.24) is 0 Å². The van der Waals surface area contributed by atoms with Gasteiger partial charge in [-0.2, -0.15) is 0 Å². The molecule has 3 nitrogen and oxygen atoms in total. The zero-order valence-corrected chi connectivity index (χ0v) is 37.5. The molecule has 57 heavy (non-hydrogen) atoms. The van der Waals surface area contributed by atoms with Crippen LogP contribution in [0.3, 0.4) is 0 Å². The molecule has 0 bridgehead atoms. The van der Waals surface area contributed by atoms with Crippen molar-refractivity contribution < 1.29 is 14.2 Å². The number of hydrogen-bond acceptors (Lipinski definition) is 3. The third kappa shape index (κ3) is 18.5. The molecule has 0 amide bonds. The molecule has 4 rings (SSSR count). The molecule has 2 aliphatic rings. The molecule has 0 aromatic heterocycles. The van der Waals surface area contributed by atoms with Crippen LogP contribution >= 0.6 is 0 Å². The Morgan fingerprint density at radius 2 is 0.789 bits per heavy atom. The normalized spacial score (nSPS) is 20.5. The smallest absolute Gasteiger partial charge is 0.119 e. The molecule has 2 aromatic carbocycles. The van der Waals surface area contributed by atoms with Crippen molar-refractivity contribution in [3.63, 3.8) is 0 Å². The van der Waals surface area contributed by atoms with Gasteiger partial charge in [0.15, 0.2) is 0 Å². The zero-order chi connectivity index (χ0) is 40.2. The molecule has 0 radical (unpaired) electrons. The van der Waals surface area contributed by atoms with Gasteiger partial charge in [0.25, 0.3) is 0 Å².